The minimum Gasteiger partial charge on any atom is -0.483 e. The first-order chi connectivity index (χ1) is 13.5. The van der Waals surface area contributed by atoms with E-state index in [4.69, 9.17) is 4.74 Å². The molecule has 2 aromatic rings. The van der Waals surface area contributed by atoms with Crippen molar-refractivity contribution in [1.82, 2.24) is 4.90 Å². The van der Waals surface area contributed by atoms with Crippen LogP contribution in [0.15, 0.2) is 48.5 Å². The van der Waals surface area contributed by atoms with Crippen LogP contribution in [0.25, 0.3) is 0 Å². The van der Waals surface area contributed by atoms with Crippen LogP contribution in [0.2, 0.25) is 0 Å². The highest BCUT2D eigenvalue weighted by molar-refractivity contribution is 8.19. The first kappa shape index (κ1) is 20.6. The van der Waals surface area contributed by atoms with Crippen LogP contribution >= 0.6 is 23.5 Å². The summed E-state index contributed by atoms with van der Waals surface area (Å²) in [6.45, 7) is 1.87. The molecule has 0 bridgehead atoms. The van der Waals surface area contributed by atoms with Crippen molar-refractivity contribution in [2.75, 3.05) is 37.0 Å². The average Bonchev–Trinajstić information content (AvgIpc) is 3.22. The van der Waals surface area contributed by atoms with E-state index in [1.807, 2.05) is 72.9 Å². The van der Waals surface area contributed by atoms with E-state index in [1.54, 1.807) is 7.05 Å². The Labute approximate surface area is 174 Å². The normalized spacial score (nSPS) is 13.9. The minimum atomic E-state index is -0.237. The molecule has 5 nitrogen and oxygen atoms in total. The first-order valence-corrected chi connectivity index (χ1v) is 11.2. The van der Waals surface area contributed by atoms with Gasteiger partial charge >= 0.3 is 0 Å². The lowest BCUT2D eigenvalue weighted by Gasteiger charge is -2.19. The van der Waals surface area contributed by atoms with Gasteiger partial charge in [0.2, 0.25) is 5.91 Å². The van der Waals surface area contributed by atoms with E-state index in [0.29, 0.717) is 10.3 Å². The number of carbonyl (C=O) groups excluding carboxylic acids is 2. The Morgan fingerprint density at radius 1 is 1.11 bits per heavy atom. The fraction of sp³-hybridized carbons (Fsp3) is 0.333. The number of carbonyl (C=O) groups is 2. The average molecular weight is 417 g/mol. The molecule has 0 unspecified atom stereocenters. The van der Waals surface area contributed by atoms with Crippen LogP contribution in [-0.4, -0.2) is 48.4 Å². The van der Waals surface area contributed by atoms with Crippen LogP contribution in [0.1, 0.15) is 15.7 Å². The maximum absolute atomic E-state index is 12.4. The van der Waals surface area contributed by atoms with Crippen molar-refractivity contribution < 1.29 is 14.3 Å². The second kappa shape index (κ2) is 9.89. The number of rotatable bonds is 7. The second-order valence-electron chi connectivity index (χ2n) is 6.56. The first-order valence-electron chi connectivity index (χ1n) is 9.08. The van der Waals surface area contributed by atoms with Crippen LogP contribution in [0.5, 0.6) is 5.75 Å². The molecule has 0 aliphatic carbocycles. The van der Waals surface area contributed by atoms with Crippen LogP contribution in [0.4, 0.5) is 5.69 Å². The molecular weight excluding hydrogens is 392 g/mol. The number of nitrogens with zero attached hydrogens (tertiary/aromatic N) is 1. The third-order valence-electron chi connectivity index (χ3n) is 4.29. The molecule has 0 spiro atoms. The number of amides is 2. The molecular formula is C21H24N2O3S2. The van der Waals surface area contributed by atoms with Gasteiger partial charge in [-0.25, -0.2) is 0 Å². The van der Waals surface area contributed by atoms with E-state index in [0.717, 1.165) is 28.4 Å². The highest BCUT2D eigenvalue weighted by Gasteiger charge is 2.22. The van der Waals surface area contributed by atoms with Crippen molar-refractivity contribution in [2.45, 2.75) is 11.5 Å². The fourth-order valence-corrected chi connectivity index (χ4v) is 5.64. The molecule has 0 atom stereocenters. The zero-order valence-corrected chi connectivity index (χ0v) is 17.6. The number of hydrogen-bond acceptors (Lipinski definition) is 5. The lowest BCUT2D eigenvalue weighted by atomic mass is 10.2. The van der Waals surface area contributed by atoms with Gasteiger partial charge in [0.25, 0.3) is 5.91 Å². The van der Waals surface area contributed by atoms with Crippen molar-refractivity contribution >= 4 is 41.0 Å². The molecule has 1 heterocycles. The van der Waals surface area contributed by atoms with Crippen LogP contribution in [0, 0.1) is 6.92 Å². The minimum absolute atomic E-state index is 0.0218. The molecule has 28 heavy (non-hydrogen) atoms. The standard InChI is InChI=1S/C21H24N2O3S2/c1-15-7-9-16(10-8-15)22-19(24)13-23(2)20(25)14-26-18-6-4-3-5-17(18)21-27-11-12-28-21/h3-10,21H,11-14H2,1-2H3,(H,22,24). The summed E-state index contributed by atoms with van der Waals surface area (Å²) in [5.41, 5.74) is 2.95. The Balaban J connectivity index is 1.50. The third kappa shape index (κ3) is 5.69. The van der Waals surface area contributed by atoms with Crippen molar-refractivity contribution in [3.05, 3.63) is 59.7 Å². The molecule has 7 heteroatoms. The lowest BCUT2D eigenvalue weighted by Crippen LogP contribution is -2.37. The van der Waals surface area contributed by atoms with Crippen LogP contribution in [0.3, 0.4) is 0 Å². The number of para-hydroxylation sites is 1. The van der Waals surface area contributed by atoms with Gasteiger partial charge in [-0.15, -0.1) is 23.5 Å². The van der Waals surface area contributed by atoms with Gasteiger partial charge in [-0.2, -0.15) is 0 Å². The van der Waals surface area contributed by atoms with Gasteiger partial charge in [-0.3, -0.25) is 9.59 Å². The van der Waals surface area contributed by atoms with Gasteiger partial charge in [-0.1, -0.05) is 35.9 Å². The van der Waals surface area contributed by atoms with Gasteiger partial charge in [-0.05, 0) is 25.1 Å². The highest BCUT2D eigenvalue weighted by atomic mass is 32.2. The molecule has 148 valence electrons. The topological polar surface area (TPSA) is 58.6 Å². The summed E-state index contributed by atoms with van der Waals surface area (Å²) >= 11 is 3.79. The van der Waals surface area contributed by atoms with Gasteiger partial charge in [0.15, 0.2) is 6.61 Å². The van der Waals surface area contributed by atoms with Crippen LogP contribution < -0.4 is 10.1 Å². The number of benzene rings is 2. The van der Waals surface area contributed by atoms with Crippen molar-refractivity contribution in [3.8, 4) is 5.75 Å². The number of thioether (sulfide) groups is 2. The molecule has 1 fully saturated rings. The Kier molecular flexibility index (Phi) is 7.28. The van der Waals surface area contributed by atoms with E-state index >= 15 is 0 Å². The molecule has 1 saturated heterocycles. The summed E-state index contributed by atoms with van der Waals surface area (Å²) in [6.07, 6.45) is 0. The van der Waals surface area contributed by atoms with E-state index in [9.17, 15) is 9.59 Å². The van der Waals surface area contributed by atoms with Gasteiger partial charge in [0.05, 0.1) is 11.1 Å². The third-order valence-corrected chi connectivity index (χ3v) is 7.36. The zero-order chi connectivity index (χ0) is 19.9. The number of nitrogens with one attached hydrogen (secondary N) is 1. The summed E-state index contributed by atoms with van der Waals surface area (Å²) in [7, 11) is 1.61. The molecule has 3 rings (SSSR count). The summed E-state index contributed by atoms with van der Waals surface area (Å²) in [5, 5.41) is 2.80. The summed E-state index contributed by atoms with van der Waals surface area (Å²) in [6, 6.07) is 15.4. The number of hydrogen-bond donors (Lipinski definition) is 1. The summed E-state index contributed by atoms with van der Waals surface area (Å²) in [5.74, 6) is 2.52. The van der Waals surface area contributed by atoms with Crippen molar-refractivity contribution in [2.24, 2.45) is 0 Å². The van der Waals surface area contributed by atoms with Crippen LogP contribution in [-0.2, 0) is 9.59 Å². The molecule has 2 aromatic carbocycles. The van der Waals surface area contributed by atoms with Crippen molar-refractivity contribution in [1.29, 1.82) is 0 Å². The predicted octanol–water partition coefficient (Wildman–Crippen LogP) is 3.95. The summed E-state index contributed by atoms with van der Waals surface area (Å²) in [4.78, 5) is 25.9. The molecule has 0 radical (unpaired) electrons. The second-order valence-corrected chi connectivity index (χ2v) is 9.29. The SMILES string of the molecule is Cc1ccc(NC(=O)CN(C)C(=O)COc2ccccc2C2SCCS2)cc1. The quantitative estimate of drug-likeness (QED) is 0.741. The molecule has 1 N–H and O–H groups in total. The number of aryl methyl sites for hydroxylation is 1. The molecule has 1 aliphatic heterocycles. The zero-order valence-electron chi connectivity index (χ0n) is 16.0. The molecule has 0 aromatic heterocycles. The Morgan fingerprint density at radius 3 is 2.50 bits per heavy atom. The largest absolute Gasteiger partial charge is 0.483 e. The highest BCUT2D eigenvalue weighted by Crippen LogP contribution is 2.48. The summed E-state index contributed by atoms with van der Waals surface area (Å²) < 4.78 is 6.15. The smallest absolute Gasteiger partial charge is 0.260 e. The van der Waals surface area contributed by atoms with E-state index in [-0.39, 0.29) is 25.0 Å². The number of likely N-dealkylation sites (N-methyl/N-ethyl adjacent to an activating group) is 1. The van der Waals surface area contributed by atoms with Gasteiger partial charge in [0.1, 0.15) is 5.75 Å². The monoisotopic (exact) mass is 416 g/mol. The Morgan fingerprint density at radius 2 is 1.79 bits per heavy atom. The Hall–Kier alpha value is -2.12. The number of ether oxygens (including phenoxy) is 1. The fourth-order valence-electron chi connectivity index (χ4n) is 2.74. The molecule has 1 aliphatic rings. The predicted molar refractivity (Wildman–Crippen MR) is 117 cm³/mol. The van der Waals surface area contributed by atoms with E-state index < -0.39 is 0 Å². The maximum Gasteiger partial charge on any atom is 0.260 e. The number of anilines is 1. The van der Waals surface area contributed by atoms with Crippen molar-refractivity contribution in [3.63, 3.8) is 0 Å². The van der Waals surface area contributed by atoms with E-state index in [1.165, 1.54) is 4.90 Å². The molecule has 0 saturated carbocycles. The molecule has 2 amide bonds. The Bertz CT molecular complexity index is 821. The lowest BCUT2D eigenvalue weighted by molar-refractivity contribution is -0.135. The van der Waals surface area contributed by atoms with E-state index in [2.05, 4.69) is 11.4 Å². The van der Waals surface area contributed by atoms with Gasteiger partial charge < -0.3 is 15.0 Å². The maximum atomic E-state index is 12.4. The van der Waals surface area contributed by atoms with Gasteiger partial charge in [0, 0.05) is 29.8 Å².